The predicted octanol–water partition coefficient (Wildman–Crippen LogP) is 1.97. The molecule has 1 heterocycles. The van der Waals surface area contributed by atoms with Crippen molar-refractivity contribution in [1.82, 2.24) is 4.90 Å². The van der Waals surface area contributed by atoms with Crippen molar-refractivity contribution in [2.24, 2.45) is 5.73 Å². The second-order valence-corrected chi connectivity index (χ2v) is 4.95. The van der Waals surface area contributed by atoms with Crippen LogP contribution in [-0.2, 0) is 6.42 Å². The average molecular weight is 260 g/mol. The maximum atomic E-state index is 12.4. The van der Waals surface area contributed by atoms with Crippen LogP contribution in [0.2, 0.25) is 0 Å². The zero-order valence-electron chi connectivity index (χ0n) is 11.3. The number of benzene rings is 1. The number of rotatable bonds is 3. The maximum Gasteiger partial charge on any atom is 0.254 e. The summed E-state index contributed by atoms with van der Waals surface area (Å²) < 4.78 is 0. The Hall–Kier alpha value is -1.84. The molecule has 2 amide bonds. The van der Waals surface area contributed by atoms with E-state index in [0.29, 0.717) is 11.1 Å². The summed E-state index contributed by atoms with van der Waals surface area (Å²) in [5.41, 5.74) is 7.19. The number of nitrogens with two attached hydrogens (primary N) is 1. The van der Waals surface area contributed by atoms with E-state index in [9.17, 15) is 9.59 Å². The van der Waals surface area contributed by atoms with Crippen molar-refractivity contribution in [3.8, 4) is 0 Å². The number of carbonyl (C=O) groups is 2. The molecule has 2 N–H and O–H groups in total. The summed E-state index contributed by atoms with van der Waals surface area (Å²) in [5.74, 6) is -0.605. The second-order valence-electron chi connectivity index (χ2n) is 4.95. The van der Waals surface area contributed by atoms with E-state index in [4.69, 9.17) is 5.73 Å². The SMILES string of the molecule is CCc1ccc(C(=O)N2CCCCC2)c(C(N)=O)c1. The number of primary amides is 1. The Bertz CT molecular complexity index is 491. The Labute approximate surface area is 113 Å². The molecule has 0 aliphatic carbocycles. The van der Waals surface area contributed by atoms with Crippen molar-refractivity contribution in [2.75, 3.05) is 13.1 Å². The lowest BCUT2D eigenvalue weighted by atomic mass is 10.00. The summed E-state index contributed by atoms with van der Waals surface area (Å²) in [7, 11) is 0. The molecule has 4 heteroatoms. The van der Waals surface area contributed by atoms with Crippen LogP contribution in [0.3, 0.4) is 0 Å². The summed E-state index contributed by atoms with van der Waals surface area (Å²) in [5, 5.41) is 0. The van der Waals surface area contributed by atoms with Crippen LogP contribution < -0.4 is 5.73 Å². The fourth-order valence-electron chi connectivity index (χ4n) is 2.47. The summed E-state index contributed by atoms with van der Waals surface area (Å²) in [6.45, 7) is 3.55. The van der Waals surface area contributed by atoms with Crippen molar-refractivity contribution in [2.45, 2.75) is 32.6 Å². The number of hydrogen-bond donors (Lipinski definition) is 1. The van der Waals surface area contributed by atoms with E-state index in [2.05, 4.69) is 0 Å². The fraction of sp³-hybridized carbons (Fsp3) is 0.467. The molecule has 4 nitrogen and oxygen atoms in total. The van der Waals surface area contributed by atoms with Gasteiger partial charge in [0.25, 0.3) is 5.91 Å². The molecule has 2 rings (SSSR count). The lowest BCUT2D eigenvalue weighted by Gasteiger charge is -2.27. The Kier molecular flexibility index (Phi) is 4.20. The number of likely N-dealkylation sites (tertiary alicyclic amines) is 1. The van der Waals surface area contributed by atoms with Crippen LogP contribution in [0.25, 0.3) is 0 Å². The zero-order chi connectivity index (χ0) is 13.8. The van der Waals surface area contributed by atoms with Crippen molar-refractivity contribution in [3.05, 3.63) is 34.9 Å². The van der Waals surface area contributed by atoms with E-state index in [0.717, 1.165) is 37.9 Å². The maximum absolute atomic E-state index is 12.4. The molecule has 1 aromatic carbocycles. The van der Waals surface area contributed by atoms with E-state index >= 15 is 0 Å². The van der Waals surface area contributed by atoms with Crippen molar-refractivity contribution in [3.63, 3.8) is 0 Å². The molecule has 0 atom stereocenters. The van der Waals surface area contributed by atoms with Gasteiger partial charge in [0.15, 0.2) is 0 Å². The first-order chi connectivity index (χ1) is 9.13. The molecule has 0 radical (unpaired) electrons. The topological polar surface area (TPSA) is 63.4 Å². The standard InChI is InChI=1S/C15H20N2O2/c1-2-11-6-7-12(13(10-11)14(16)18)15(19)17-8-4-3-5-9-17/h6-7,10H,2-5,8-9H2,1H3,(H2,16,18). The molecule has 0 bridgehead atoms. The number of piperidine rings is 1. The Morgan fingerprint density at radius 2 is 1.84 bits per heavy atom. The van der Waals surface area contributed by atoms with Crippen LogP contribution >= 0.6 is 0 Å². The van der Waals surface area contributed by atoms with Gasteiger partial charge in [0.2, 0.25) is 5.91 Å². The number of hydrogen-bond acceptors (Lipinski definition) is 2. The summed E-state index contributed by atoms with van der Waals surface area (Å²) >= 11 is 0. The van der Waals surface area contributed by atoms with Gasteiger partial charge in [0.05, 0.1) is 11.1 Å². The van der Waals surface area contributed by atoms with Gasteiger partial charge >= 0.3 is 0 Å². The fourth-order valence-corrected chi connectivity index (χ4v) is 2.47. The highest BCUT2D eigenvalue weighted by atomic mass is 16.2. The van der Waals surface area contributed by atoms with Crippen LogP contribution in [0.1, 0.15) is 52.5 Å². The van der Waals surface area contributed by atoms with Gasteiger partial charge in [-0.2, -0.15) is 0 Å². The second kappa shape index (κ2) is 5.87. The summed E-state index contributed by atoms with van der Waals surface area (Å²) in [6.07, 6.45) is 4.05. The largest absolute Gasteiger partial charge is 0.366 e. The van der Waals surface area contributed by atoms with Crippen LogP contribution in [0.4, 0.5) is 0 Å². The van der Waals surface area contributed by atoms with Gasteiger partial charge in [-0.3, -0.25) is 9.59 Å². The van der Waals surface area contributed by atoms with Crippen molar-refractivity contribution >= 4 is 11.8 Å². The Morgan fingerprint density at radius 1 is 1.16 bits per heavy atom. The number of amides is 2. The molecular weight excluding hydrogens is 240 g/mol. The quantitative estimate of drug-likeness (QED) is 0.903. The van der Waals surface area contributed by atoms with E-state index in [1.54, 1.807) is 12.1 Å². The molecule has 1 aromatic rings. The molecule has 1 saturated heterocycles. The third kappa shape index (κ3) is 2.95. The highest BCUT2D eigenvalue weighted by Crippen LogP contribution is 2.18. The van der Waals surface area contributed by atoms with Gasteiger partial charge in [0, 0.05) is 13.1 Å². The van der Waals surface area contributed by atoms with Crippen LogP contribution in [0, 0.1) is 0 Å². The molecular formula is C15H20N2O2. The first-order valence-corrected chi connectivity index (χ1v) is 6.85. The van der Waals surface area contributed by atoms with Gasteiger partial charge in [-0.1, -0.05) is 13.0 Å². The van der Waals surface area contributed by atoms with E-state index in [-0.39, 0.29) is 5.91 Å². The highest BCUT2D eigenvalue weighted by Gasteiger charge is 2.22. The summed E-state index contributed by atoms with van der Waals surface area (Å²) in [4.78, 5) is 25.8. The summed E-state index contributed by atoms with van der Waals surface area (Å²) in [6, 6.07) is 5.36. The molecule has 0 spiro atoms. The molecule has 0 saturated carbocycles. The van der Waals surface area contributed by atoms with Gasteiger partial charge in [0.1, 0.15) is 0 Å². The normalized spacial score (nSPS) is 15.3. The van der Waals surface area contributed by atoms with E-state index in [1.165, 1.54) is 6.42 Å². The number of carbonyl (C=O) groups excluding carboxylic acids is 2. The monoisotopic (exact) mass is 260 g/mol. The minimum atomic E-state index is -0.532. The van der Waals surface area contributed by atoms with E-state index < -0.39 is 5.91 Å². The highest BCUT2D eigenvalue weighted by molar-refractivity contribution is 6.06. The van der Waals surface area contributed by atoms with Gasteiger partial charge in [-0.15, -0.1) is 0 Å². The number of nitrogens with zero attached hydrogens (tertiary/aromatic N) is 1. The van der Waals surface area contributed by atoms with Gasteiger partial charge < -0.3 is 10.6 Å². The first kappa shape index (κ1) is 13.6. The molecule has 0 unspecified atom stereocenters. The minimum absolute atomic E-state index is 0.0730. The predicted molar refractivity (Wildman–Crippen MR) is 74.1 cm³/mol. The van der Waals surface area contributed by atoms with Crippen molar-refractivity contribution in [1.29, 1.82) is 0 Å². The zero-order valence-corrected chi connectivity index (χ0v) is 11.3. The lowest BCUT2D eigenvalue weighted by molar-refractivity contribution is 0.0719. The van der Waals surface area contributed by atoms with Crippen LogP contribution in [0.5, 0.6) is 0 Å². The van der Waals surface area contributed by atoms with Gasteiger partial charge in [-0.05, 0) is 43.4 Å². The van der Waals surface area contributed by atoms with Crippen molar-refractivity contribution < 1.29 is 9.59 Å². The molecule has 1 aliphatic rings. The first-order valence-electron chi connectivity index (χ1n) is 6.85. The lowest BCUT2D eigenvalue weighted by Crippen LogP contribution is -2.36. The molecule has 102 valence electrons. The third-order valence-electron chi connectivity index (χ3n) is 3.63. The van der Waals surface area contributed by atoms with Crippen LogP contribution in [-0.4, -0.2) is 29.8 Å². The van der Waals surface area contributed by atoms with Gasteiger partial charge in [-0.25, -0.2) is 0 Å². The smallest absolute Gasteiger partial charge is 0.254 e. The van der Waals surface area contributed by atoms with E-state index in [1.807, 2.05) is 17.9 Å². The molecule has 19 heavy (non-hydrogen) atoms. The Balaban J connectivity index is 2.32. The molecule has 1 fully saturated rings. The molecule has 0 aromatic heterocycles. The van der Waals surface area contributed by atoms with Crippen LogP contribution in [0.15, 0.2) is 18.2 Å². The third-order valence-corrected chi connectivity index (χ3v) is 3.63. The average Bonchev–Trinajstić information content (AvgIpc) is 2.46. The minimum Gasteiger partial charge on any atom is -0.366 e. The number of aryl methyl sites for hydroxylation is 1. The Morgan fingerprint density at radius 3 is 2.42 bits per heavy atom. The molecule has 1 aliphatic heterocycles.